The predicted molar refractivity (Wildman–Crippen MR) is 99.6 cm³/mol. The molecular weight excluding hydrogens is 338 g/mol. The minimum absolute atomic E-state index is 0.148. The summed E-state index contributed by atoms with van der Waals surface area (Å²) in [6, 6.07) is 5.72. The Balaban J connectivity index is 2.00. The number of fused-ring (bicyclic) bond motifs is 3. The van der Waals surface area contributed by atoms with Gasteiger partial charge in [-0.2, -0.15) is 0 Å². The number of morpholine rings is 1. The zero-order valence-corrected chi connectivity index (χ0v) is 15.7. The van der Waals surface area contributed by atoms with Crippen molar-refractivity contribution in [2.45, 2.75) is 45.8 Å². The summed E-state index contributed by atoms with van der Waals surface area (Å²) in [4.78, 5) is 7.21. The van der Waals surface area contributed by atoms with Crippen molar-refractivity contribution in [3.63, 3.8) is 0 Å². The molecule has 4 rings (SSSR count). The van der Waals surface area contributed by atoms with E-state index in [0.717, 1.165) is 41.4 Å². The Bertz CT molecular complexity index is 928. The first-order valence-corrected chi connectivity index (χ1v) is 9.06. The van der Waals surface area contributed by atoms with Crippen molar-refractivity contribution in [2.75, 3.05) is 18.0 Å². The number of nitrogens with zero attached hydrogens (tertiary/aromatic N) is 5. The fourth-order valence-electron chi connectivity index (χ4n) is 3.54. The van der Waals surface area contributed by atoms with E-state index in [1.807, 2.05) is 18.2 Å². The standard InChI is InChI=1S/C18H22ClN5O/c1-10(2)16-21-22-17-14-6-5-13(19)7-15(14)20-18(24(16)17)23-8-11(3)25-12(4)9-23/h5-7,10-12H,8-9H2,1-4H3. The molecule has 1 saturated heterocycles. The van der Waals surface area contributed by atoms with Crippen LogP contribution in [0, 0.1) is 0 Å². The fraction of sp³-hybridized carbons (Fsp3) is 0.500. The van der Waals surface area contributed by atoms with Gasteiger partial charge in [0, 0.05) is 29.4 Å². The lowest BCUT2D eigenvalue weighted by molar-refractivity contribution is -0.00578. The van der Waals surface area contributed by atoms with Crippen molar-refractivity contribution in [1.29, 1.82) is 0 Å². The van der Waals surface area contributed by atoms with E-state index in [0.29, 0.717) is 5.02 Å². The number of aromatic nitrogens is 4. The highest BCUT2D eigenvalue weighted by Gasteiger charge is 2.27. The van der Waals surface area contributed by atoms with Gasteiger partial charge in [-0.1, -0.05) is 25.4 Å². The van der Waals surface area contributed by atoms with Crippen molar-refractivity contribution >= 4 is 34.1 Å². The van der Waals surface area contributed by atoms with Crippen LogP contribution in [0.3, 0.4) is 0 Å². The lowest BCUT2D eigenvalue weighted by Gasteiger charge is -2.36. The van der Waals surface area contributed by atoms with E-state index < -0.39 is 0 Å². The molecule has 0 spiro atoms. The van der Waals surface area contributed by atoms with Crippen LogP contribution in [0.1, 0.15) is 39.4 Å². The second-order valence-electron chi connectivity index (χ2n) is 7.11. The highest BCUT2D eigenvalue weighted by molar-refractivity contribution is 6.31. The minimum atomic E-state index is 0.148. The van der Waals surface area contributed by atoms with Crippen LogP contribution in [0.25, 0.3) is 16.6 Å². The van der Waals surface area contributed by atoms with Gasteiger partial charge in [0.1, 0.15) is 5.82 Å². The molecule has 1 fully saturated rings. The topological polar surface area (TPSA) is 55.6 Å². The van der Waals surface area contributed by atoms with Crippen LogP contribution >= 0.6 is 11.6 Å². The van der Waals surface area contributed by atoms with E-state index in [-0.39, 0.29) is 18.1 Å². The lowest BCUT2D eigenvalue weighted by Crippen LogP contribution is -2.46. The molecule has 1 aromatic carbocycles. The Morgan fingerprint density at radius 2 is 1.88 bits per heavy atom. The lowest BCUT2D eigenvalue weighted by atomic mass is 10.2. The number of benzene rings is 1. The molecule has 25 heavy (non-hydrogen) atoms. The van der Waals surface area contributed by atoms with Crippen molar-refractivity contribution in [2.24, 2.45) is 0 Å². The van der Waals surface area contributed by atoms with Crippen LogP contribution in [0.15, 0.2) is 18.2 Å². The maximum absolute atomic E-state index is 6.19. The van der Waals surface area contributed by atoms with Gasteiger partial charge in [0.2, 0.25) is 5.95 Å². The van der Waals surface area contributed by atoms with Crippen LogP contribution in [-0.2, 0) is 4.74 Å². The van der Waals surface area contributed by atoms with Crippen molar-refractivity contribution in [1.82, 2.24) is 19.6 Å². The predicted octanol–water partition coefficient (Wildman–Crippen LogP) is 3.67. The zero-order valence-electron chi connectivity index (χ0n) is 14.9. The summed E-state index contributed by atoms with van der Waals surface area (Å²) in [5, 5.41) is 10.5. The number of ether oxygens (including phenoxy) is 1. The molecular formula is C18H22ClN5O. The Hall–Kier alpha value is -1.92. The molecule has 3 heterocycles. The Labute approximate surface area is 151 Å². The van der Waals surface area contributed by atoms with E-state index in [1.54, 1.807) is 0 Å². The summed E-state index contributed by atoms with van der Waals surface area (Å²) < 4.78 is 7.97. The highest BCUT2D eigenvalue weighted by Crippen LogP contribution is 2.29. The van der Waals surface area contributed by atoms with Gasteiger partial charge in [-0.25, -0.2) is 9.38 Å². The van der Waals surface area contributed by atoms with E-state index in [2.05, 4.69) is 47.2 Å². The SMILES string of the molecule is CC1CN(c2nc3cc(Cl)ccc3c3nnc(C(C)C)n23)CC(C)O1. The van der Waals surface area contributed by atoms with Gasteiger partial charge in [-0.15, -0.1) is 10.2 Å². The summed E-state index contributed by atoms with van der Waals surface area (Å²) in [6.45, 7) is 10.00. The molecule has 0 amide bonds. The molecule has 6 nitrogen and oxygen atoms in total. The second kappa shape index (κ2) is 6.11. The summed E-state index contributed by atoms with van der Waals surface area (Å²) >= 11 is 6.19. The largest absolute Gasteiger partial charge is 0.372 e. The monoisotopic (exact) mass is 359 g/mol. The zero-order chi connectivity index (χ0) is 17.7. The molecule has 2 aromatic heterocycles. The number of anilines is 1. The molecule has 0 aliphatic carbocycles. The van der Waals surface area contributed by atoms with Crippen molar-refractivity contribution < 1.29 is 4.74 Å². The third-order valence-corrected chi connectivity index (χ3v) is 4.76. The van der Waals surface area contributed by atoms with Crippen LogP contribution in [-0.4, -0.2) is 44.9 Å². The maximum Gasteiger partial charge on any atom is 0.213 e. The summed E-state index contributed by atoms with van der Waals surface area (Å²) in [5.74, 6) is 2.03. The minimum Gasteiger partial charge on any atom is -0.372 e. The molecule has 1 aliphatic rings. The van der Waals surface area contributed by atoms with Crippen molar-refractivity contribution in [3.8, 4) is 0 Å². The van der Waals surface area contributed by atoms with Crippen LogP contribution < -0.4 is 4.90 Å². The van der Waals surface area contributed by atoms with Crippen LogP contribution in [0.4, 0.5) is 5.95 Å². The first kappa shape index (κ1) is 16.5. The smallest absolute Gasteiger partial charge is 0.213 e. The normalized spacial score (nSPS) is 21.6. The molecule has 0 bridgehead atoms. The summed E-state index contributed by atoms with van der Waals surface area (Å²) in [5.41, 5.74) is 1.66. The van der Waals surface area contributed by atoms with E-state index in [9.17, 15) is 0 Å². The molecule has 3 aromatic rings. The van der Waals surface area contributed by atoms with Gasteiger partial charge in [-0.05, 0) is 32.0 Å². The first-order valence-electron chi connectivity index (χ1n) is 8.68. The molecule has 2 unspecified atom stereocenters. The Morgan fingerprint density at radius 3 is 2.56 bits per heavy atom. The molecule has 0 N–H and O–H groups in total. The Kier molecular flexibility index (Phi) is 4.04. The average Bonchev–Trinajstić information content (AvgIpc) is 2.98. The second-order valence-corrected chi connectivity index (χ2v) is 7.54. The molecule has 2 atom stereocenters. The fourth-order valence-corrected chi connectivity index (χ4v) is 3.71. The van der Waals surface area contributed by atoms with Gasteiger partial charge < -0.3 is 9.64 Å². The highest BCUT2D eigenvalue weighted by atomic mass is 35.5. The number of hydrogen-bond donors (Lipinski definition) is 0. The van der Waals surface area contributed by atoms with E-state index >= 15 is 0 Å². The van der Waals surface area contributed by atoms with Gasteiger partial charge in [-0.3, -0.25) is 0 Å². The van der Waals surface area contributed by atoms with Crippen LogP contribution in [0.5, 0.6) is 0 Å². The van der Waals surface area contributed by atoms with Crippen molar-refractivity contribution in [3.05, 3.63) is 29.0 Å². The van der Waals surface area contributed by atoms with E-state index in [1.165, 1.54) is 0 Å². The molecule has 7 heteroatoms. The number of hydrogen-bond acceptors (Lipinski definition) is 5. The quantitative estimate of drug-likeness (QED) is 0.698. The molecule has 1 aliphatic heterocycles. The van der Waals surface area contributed by atoms with Gasteiger partial charge >= 0.3 is 0 Å². The van der Waals surface area contributed by atoms with Gasteiger partial charge in [0.15, 0.2) is 5.65 Å². The Morgan fingerprint density at radius 1 is 1.16 bits per heavy atom. The summed E-state index contributed by atoms with van der Waals surface area (Å²) in [7, 11) is 0. The van der Waals surface area contributed by atoms with E-state index in [4.69, 9.17) is 21.3 Å². The van der Waals surface area contributed by atoms with Gasteiger partial charge in [0.25, 0.3) is 0 Å². The van der Waals surface area contributed by atoms with Crippen LogP contribution in [0.2, 0.25) is 5.02 Å². The number of halogens is 1. The number of rotatable bonds is 2. The third kappa shape index (κ3) is 2.83. The molecule has 0 saturated carbocycles. The third-order valence-electron chi connectivity index (χ3n) is 4.53. The average molecular weight is 360 g/mol. The molecule has 132 valence electrons. The van der Waals surface area contributed by atoms with Gasteiger partial charge in [0.05, 0.1) is 17.7 Å². The summed E-state index contributed by atoms with van der Waals surface area (Å²) in [6.07, 6.45) is 0.296. The maximum atomic E-state index is 6.19. The molecule has 0 radical (unpaired) electrons. The first-order chi connectivity index (χ1) is 11.9.